The van der Waals surface area contributed by atoms with Crippen molar-refractivity contribution in [1.29, 1.82) is 0 Å². The van der Waals surface area contributed by atoms with Crippen molar-refractivity contribution >= 4 is 10.9 Å². The number of benzene rings is 2. The summed E-state index contributed by atoms with van der Waals surface area (Å²) >= 11 is 0. The van der Waals surface area contributed by atoms with Crippen molar-refractivity contribution in [1.82, 2.24) is 4.98 Å². The Bertz CT molecular complexity index is 775. The number of nitro groups is 1. The van der Waals surface area contributed by atoms with E-state index in [-0.39, 0.29) is 17.4 Å². The van der Waals surface area contributed by atoms with E-state index >= 15 is 0 Å². The Morgan fingerprint density at radius 2 is 1.86 bits per heavy atom. The van der Waals surface area contributed by atoms with E-state index < -0.39 is 0 Å². The summed E-state index contributed by atoms with van der Waals surface area (Å²) in [4.78, 5) is 14.0. The molecule has 0 aliphatic rings. The van der Waals surface area contributed by atoms with Crippen LogP contribution in [0.3, 0.4) is 0 Å². The fraction of sp³-hybridized carbons (Fsp3) is 0.176. The molecule has 3 aromatic rings. The molecule has 1 aromatic heterocycles. The van der Waals surface area contributed by atoms with Gasteiger partial charge < -0.3 is 4.98 Å². The van der Waals surface area contributed by atoms with Crippen LogP contribution in [0, 0.1) is 17.0 Å². The van der Waals surface area contributed by atoms with Crippen molar-refractivity contribution in [2.24, 2.45) is 0 Å². The van der Waals surface area contributed by atoms with Gasteiger partial charge in [0.1, 0.15) is 0 Å². The highest BCUT2D eigenvalue weighted by molar-refractivity contribution is 5.84. The van der Waals surface area contributed by atoms with Gasteiger partial charge in [0, 0.05) is 22.0 Å². The second-order valence-corrected chi connectivity index (χ2v) is 5.27. The number of nitrogens with zero attached hydrogens (tertiary/aromatic N) is 1. The molecule has 0 bridgehead atoms. The summed E-state index contributed by atoms with van der Waals surface area (Å²) in [6, 6.07) is 15.8. The fourth-order valence-corrected chi connectivity index (χ4v) is 2.71. The number of hydrogen-bond acceptors (Lipinski definition) is 2. The molecule has 0 saturated carbocycles. The molecular formula is C17H16N2O2. The highest BCUT2D eigenvalue weighted by Crippen LogP contribution is 2.31. The normalized spacial score (nSPS) is 12.4. The van der Waals surface area contributed by atoms with Gasteiger partial charge >= 0.3 is 0 Å². The maximum atomic E-state index is 11.1. The first kappa shape index (κ1) is 13.4. The van der Waals surface area contributed by atoms with Crippen molar-refractivity contribution in [2.45, 2.75) is 12.8 Å². The molecule has 0 aliphatic carbocycles. The molecule has 2 aromatic carbocycles. The minimum absolute atomic E-state index is 0.106. The summed E-state index contributed by atoms with van der Waals surface area (Å²) in [5, 5.41) is 12.1. The molecule has 4 nitrogen and oxygen atoms in total. The van der Waals surface area contributed by atoms with Crippen LogP contribution < -0.4 is 0 Å². The van der Waals surface area contributed by atoms with Crippen molar-refractivity contribution < 1.29 is 4.92 Å². The zero-order chi connectivity index (χ0) is 14.8. The molecule has 106 valence electrons. The zero-order valence-electron chi connectivity index (χ0n) is 11.7. The topological polar surface area (TPSA) is 58.9 Å². The summed E-state index contributed by atoms with van der Waals surface area (Å²) < 4.78 is 0. The zero-order valence-corrected chi connectivity index (χ0v) is 11.7. The van der Waals surface area contributed by atoms with Crippen LogP contribution in [-0.4, -0.2) is 16.5 Å². The van der Waals surface area contributed by atoms with Gasteiger partial charge in [-0.2, -0.15) is 0 Å². The third-order valence-corrected chi connectivity index (χ3v) is 3.81. The predicted octanol–water partition coefficient (Wildman–Crippen LogP) is 3.88. The first-order valence-electron chi connectivity index (χ1n) is 6.89. The molecule has 1 N–H and O–H groups in total. The van der Waals surface area contributed by atoms with E-state index in [1.807, 2.05) is 61.7 Å². The molecule has 0 fully saturated rings. The second kappa shape index (κ2) is 5.40. The molecule has 4 heteroatoms. The number of aromatic amines is 1. The van der Waals surface area contributed by atoms with E-state index in [0.717, 1.165) is 27.6 Å². The summed E-state index contributed by atoms with van der Waals surface area (Å²) in [6.45, 7) is 1.91. The predicted molar refractivity (Wildman–Crippen MR) is 83.2 cm³/mol. The molecule has 0 spiro atoms. The van der Waals surface area contributed by atoms with Gasteiger partial charge in [0.05, 0.1) is 5.92 Å². The molecule has 1 heterocycles. The number of rotatable bonds is 4. The average Bonchev–Trinajstić information content (AvgIpc) is 2.89. The second-order valence-electron chi connectivity index (χ2n) is 5.27. The van der Waals surface area contributed by atoms with Crippen molar-refractivity contribution in [3.8, 4) is 0 Å². The third kappa shape index (κ3) is 2.65. The highest BCUT2D eigenvalue weighted by Gasteiger charge is 2.22. The average molecular weight is 280 g/mol. The van der Waals surface area contributed by atoms with Crippen LogP contribution in [0.25, 0.3) is 10.9 Å². The first-order valence-corrected chi connectivity index (χ1v) is 6.89. The Labute approximate surface area is 122 Å². The Morgan fingerprint density at radius 3 is 2.57 bits per heavy atom. The Kier molecular flexibility index (Phi) is 3.44. The van der Waals surface area contributed by atoms with Gasteiger partial charge in [0.2, 0.25) is 6.54 Å². The molecule has 1 atom stereocenters. The monoisotopic (exact) mass is 280 g/mol. The van der Waals surface area contributed by atoms with E-state index in [4.69, 9.17) is 0 Å². The molecule has 0 radical (unpaired) electrons. The van der Waals surface area contributed by atoms with Crippen LogP contribution in [0.1, 0.15) is 22.6 Å². The molecule has 21 heavy (non-hydrogen) atoms. The maximum Gasteiger partial charge on any atom is 0.214 e. The Morgan fingerprint density at radius 1 is 1.14 bits per heavy atom. The quantitative estimate of drug-likeness (QED) is 0.582. The number of aromatic nitrogens is 1. The number of aryl methyl sites for hydroxylation is 1. The van der Waals surface area contributed by atoms with E-state index in [1.165, 1.54) is 0 Å². The first-order chi connectivity index (χ1) is 10.1. The third-order valence-electron chi connectivity index (χ3n) is 3.81. The van der Waals surface area contributed by atoms with Crippen LogP contribution in [0.2, 0.25) is 0 Å². The van der Waals surface area contributed by atoms with Crippen LogP contribution in [0.4, 0.5) is 0 Å². The molecule has 0 amide bonds. The summed E-state index contributed by atoms with van der Waals surface area (Å²) in [5.74, 6) is -0.239. The number of para-hydroxylation sites is 1. The highest BCUT2D eigenvalue weighted by atomic mass is 16.6. The molecule has 0 saturated heterocycles. The van der Waals surface area contributed by atoms with E-state index in [0.29, 0.717) is 0 Å². The number of hydrogen-bond donors (Lipinski definition) is 1. The molecule has 3 rings (SSSR count). The van der Waals surface area contributed by atoms with E-state index in [2.05, 4.69) is 4.98 Å². The summed E-state index contributed by atoms with van der Waals surface area (Å²) in [6.07, 6.45) is 1.89. The Hall–Kier alpha value is -2.62. The number of H-pyrrole nitrogens is 1. The van der Waals surface area contributed by atoms with E-state index in [1.54, 1.807) is 0 Å². The number of nitrogens with one attached hydrogen (secondary N) is 1. The van der Waals surface area contributed by atoms with Gasteiger partial charge in [-0.25, -0.2) is 0 Å². The Balaban J connectivity index is 2.11. The summed E-state index contributed by atoms with van der Waals surface area (Å²) in [7, 11) is 0. The van der Waals surface area contributed by atoms with Gasteiger partial charge in [-0.1, -0.05) is 48.0 Å². The minimum atomic E-state index is -0.244. The van der Waals surface area contributed by atoms with Crippen LogP contribution in [0.5, 0.6) is 0 Å². The standard InChI is InChI=1S/C17H16N2O2/c1-12-6-8-13(9-7-12)16(11-19(20)21)15-10-18-17-5-3-2-4-14(15)17/h2-10,16,18H,11H2,1H3/t16-/m1/s1. The minimum Gasteiger partial charge on any atom is -0.361 e. The molecule has 0 aliphatic heterocycles. The summed E-state index contributed by atoms with van der Waals surface area (Å²) in [5.41, 5.74) is 4.11. The van der Waals surface area contributed by atoms with Gasteiger partial charge in [-0.05, 0) is 24.1 Å². The van der Waals surface area contributed by atoms with Crippen LogP contribution >= 0.6 is 0 Å². The van der Waals surface area contributed by atoms with Crippen LogP contribution in [-0.2, 0) is 0 Å². The lowest BCUT2D eigenvalue weighted by Gasteiger charge is -2.13. The van der Waals surface area contributed by atoms with Gasteiger partial charge in [-0.15, -0.1) is 0 Å². The maximum absolute atomic E-state index is 11.1. The fourth-order valence-electron chi connectivity index (χ4n) is 2.71. The lowest BCUT2D eigenvalue weighted by atomic mass is 9.90. The van der Waals surface area contributed by atoms with Crippen LogP contribution in [0.15, 0.2) is 54.7 Å². The lowest BCUT2D eigenvalue weighted by molar-refractivity contribution is -0.481. The lowest BCUT2D eigenvalue weighted by Crippen LogP contribution is -2.13. The van der Waals surface area contributed by atoms with Gasteiger partial charge in [-0.3, -0.25) is 10.1 Å². The molecule has 0 unspecified atom stereocenters. The van der Waals surface area contributed by atoms with E-state index in [9.17, 15) is 10.1 Å². The van der Waals surface area contributed by atoms with Crippen molar-refractivity contribution in [3.05, 3.63) is 81.5 Å². The largest absolute Gasteiger partial charge is 0.361 e. The molecular weight excluding hydrogens is 264 g/mol. The van der Waals surface area contributed by atoms with Crippen molar-refractivity contribution in [3.63, 3.8) is 0 Å². The SMILES string of the molecule is Cc1ccc([C@@H](C[N+](=O)[O-])c2c[nH]c3ccccc23)cc1. The smallest absolute Gasteiger partial charge is 0.214 e. The van der Waals surface area contributed by atoms with Gasteiger partial charge in [0.15, 0.2) is 0 Å². The number of fused-ring (bicyclic) bond motifs is 1. The van der Waals surface area contributed by atoms with Gasteiger partial charge in [0.25, 0.3) is 0 Å². The van der Waals surface area contributed by atoms with Crippen molar-refractivity contribution in [2.75, 3.05) is 6.54 Å².